The number of rotatable bonds is 5. The number of hydrogen-bond donors (Lipinski definition) is 1. The Bertz CT molecular complexity index is 738. The van der Waals surface area contributed by atoms with Gasteiger partial charge in [0.15, 0.2) is 0 Å². The molecule has 126 valence electrons. The first-order valence-electron chi connectivity index (χ1n) is 7.98. The van der Waals surface area contributed by atoms with Crippen LogP contribution in [0, 0.1) is 12.7 Å². The molecule has 24 heavy (non-hydrogen) atoms. The highest BCUT2D eigenvalue weighted by Crippen LogP contribution is 2.10. The van der Waals surface area contributed by atoms with Gasteiger partial charge in [0.1, 0.15) is 11.6 Å². The fraction of sp³-hybridized carbons (Fsp3) is 0.353. The molecule has 0 spiro atoms. The van der Waals surface area contributed by atoms with E-state index in [1.54, 1.807) is 19.1 Å². The van der Waals surface area contributed by atoms with Crippen molar-refractivity contribution in [2.75, 3.05) is 26.2 Å². The Morgan fingerprint density at radius 2 is 2.08 bits per heavy atom. The second-order valence-electron chi connectivity index (χ2n) is 5.69. The maximum Gasteiger partial charge on any atom is 0.291 e. The summed E-state index contributed by atoms with van der Waals surface area (Å²) >= 11 is 0. The lowest BCUT2D eigenvalue weighted by atomic mass is 10.2. The zero-order chi connectivity index (χ0) is 16.9. The van der Waals surface area contributed by atoms with Gasteiger partial charge in [0.25, 0.3) is 5.91 Å². The van der Waals surface area contributed by atoms with Gasteiger partial charge in [-0.2, -0.15) is 0 Å². The maximum absolute atomic E-state index is 13.0. The zero-order valence-corrected chi connectivity index (χ0v) is 13.6. The predicted octanol–water partition coefficient (Wildman–Crippen LogP) is 1.71. The SMILES string of the molecule is Cc1nc(C(=O)NCCN2CC=CCC2)nn1-c1ccc(F)cc1. The number of aromatic nitrogens is 3. The molecule has 2 aromatic rings. The molecule has 0 radical (unpaired) electrons. The number of carbonyl (C=O) groups is 1. The minimum Gasteiger partial charge on any atom is -0.348 e. The normalized spacial score (nSPS) is 14.8. The van der Waals surface area contributed by atoms with Crippen molar-refractivity contribution >= 4 is 5.91 Å². The first-order valence-corrected chi connectivity index (χ1v) is 7.98. The number of aryl methyl sites for hydroxylation is 1. The van der Waals surface area contributed by atoms with Crippen LogP contribution in [0.25, 0.3) is 5.69 Å². The topological polar surface area (TPSA) is 63.1 Å². The van der Waals surface area contributed by atoms with Crippen LogP contribution in [-0.4, -0.2) is 51.8 Å². The van der Waals surface area contributed by atoms with E-state index in [0.29, 0.717) is 18.1 Å². The molecule has 6 nitrogen and oxygen atoms in total. The fourth-order valence-corrected chi connectivity index (χ4v) is 2.61. The van der Waals surface area contributed by atoms with Crippen LogP contribution in [-0.2, 0) is 0 Å². The van der Waals surface area contributed by atoms with Crippen molar-refractivity contribution in [3.63, 3.8) is 0 Å². The van der Waals surface area contributed by atoms with Crippen LogP contribution in [0.4, 0.5) is 4.39 Å². The lowest BCUT2D eigenvalue weighted by molar-refractivity contribution is 0.0938. The van der Waals surface area contributed by atoms with Gasteiger partial charge in [-0.25, -0.2) is 14.1 Å². The molecule has 7 heteroatoms. The summed E-state index contributed by atoms with van der Waals surface area (Å²) in [5.74, 6) is 0.0804. The van der Waals surface area contributed by atoms with Crippen LogP contribution in [0.15, 0.2) is 36.4 Å². The Balaban J connectivity index is 1.60. The van der Waals surface area contributed by atoms with E-state index in [1.807, 2.05) is 0 Å². The van der Waals surface area contributed by atoms with E-state index >= 15 is 0 Å². The third-order valence-corrected chi connectivity index (χ3v) is 3.90. The molecule has 0 saturated carbocycles. The summed E-state index contributed by atoms with van der Waals surface area (Å²) in [6, 6.07) is 5.90. The largest absolute Gasteiger partial charge is 0.348 e. The van der Waals surface area contributed by atoms with Crippen molar-refractivity contribution in [2.24, 2.45) is 0 Å². The minimum atomic E-state index is -0.318. The molecule has 0 atom stereocenters. The highest BCUT2D eigenvalue weighted by atomic mass is 19.1. The van der Waals surface area contributed by atoms with Gasteiger partial charge in [-0.1, -0.05) is 12.2 Å². The van der Waals surface area contributed by atoms with Gasteiger partial charge in [0, 0.05) is 26.2 Å². The highest BCUT2D eigenvalue weighted by molar-refractivity contribution is 5.90. The average Bonchev–Trinajstić information content (AvgIpc) is 2.98. The van der Waals surface area contributed by atoms with Crippen molar-refractivity contribution in [3.8, 4) is 5.69 Å². The van der Waals surface area contributed by atoms with Gasteiger partial charge in [-0.3, -0.25) is 9.69 Å². The lowest BCUT2D eigenvalue weighted by Crippen LogP contribution is -2.36. The molecular formula is C17H20FN5O. The van der Waals surface area contributed by atoms with E-state index in [-0.39, 0.29) is 17.5 Å². The van der Waals surface area contributed by atoms with Crippen LogP contribution < -0.4 is 5.32 Å². The molecule has 2 heterocycles. The molecule has 0 saturated heterocycles. The fourth-order valence-electron chi connectivity index (χ4n) is 2.61. The molecule has 1 aliphatic rings. The van der Waals surface area contributed by atoms with E-state index < -0.39 is 0 Å². The van der Waals surface area contributed by atoms with Crippen molar-refractivity contribution in [1.29, 1.82) is 0 Å². The summed E-state index contributed by atoms with van der Waals surface area (Å²) in [6.07, 6.45) is 5.36. The average molecular weight is 329 g/mol. The van der Waals surface area contributed by atoms with Crippen molar-refractivity contribution in [1.82, 2.24) is 25.0 Å². The Morgan fingerprint density at radius 1 is 1.29 bits per heavy atom. The van der Waals surface area contributed by atoms with Gasteiger partial charge < -0.3 is 5.32 Å². The van der Waals surface area contributed by atoms with Crippen LogP contribution in [0.5, 0.6) is 0 Å². The third kappa shape index (κ3) is 3.86. The second-order valence-corrected chi connectivity index (χ2v) is 5.69. The van der Waals surface area contributed by atoms with E-state index in [1.165, 1.54) is 16.8 Å². The summed E-state index contributed by atoms with van der Waals surface area (Å²) in [5.41, 5.74) is 0.667. The molecule has 1 aliphatic heterocycles. The van der Waals surface area contributed by atoms with Crippen molar-refractivity contribution < 1.29 is 9.18 Å². The predicted molar refractivity (Wildman–Crippen MR) is 88.6 cm³/mol. The quantitative estimate of drug-likeness (QED) is 0.848. The molecule has 1 amide bonds. The number of nitrogens with zero attached hydrogens (tertiary/aromatic N) is 4. The highest BCUT2D eigenvalue weighted by Gasteiger charge is 2.15. The van der Waals surface area contributed by atoms with Crippen LogP contribution in [0.1, 0.15) is 22.9 Å². The Morgan fingerprint density at radius 3 is 2.79 bits per heavy atom. The number of carbonyl (C=O) groups excluding carboxylic acids is 1. The third-order valence-electron chi connectivity index (χ3n) is 3.90. The Kier molecular flexibility index (Phi) is 5.00. The van der Waals surface area contributed by atoms with Crippen molar-refractivity contribution in [2.45, 2.75) is 13.3 Å². The monoisotopic (exact) mass is 329 g/mol. The summed E-state index contributed by atoms with van der Waals surface area (Å²) in [6.45, 7) is 5.05. The zero-order valence-electron chi connectivity index (χ0n) is 13.6. The molecular weight excluding hydrogens is 309 g/mol. The van der Waals surface area contributed by atoms with Gasteiger partial charge in [-0.05, 0) is 37.6 Å². The number of amides is 1. The molecule has 1 aromatic heterocycles. The van der Waals surface area contributed by atoms with Gasteiger partial charge >= 0.3 is 0 Å². The van der Waals surface area contributed by atoms with Gasteiger partial charge in [0.2, 0.25) is 5.82 Å². The Hall–Kier alpha value is -2.54. The molecule has 0 unspecified atom stereocenters. The molecule has 0 fully saturated rings. The maximum atomic E-state index is 13.0. The second kappa shape index (κ2) is 7.35. The number of hydrogen-bond acceptors (Lipinski definition) is 4. The van der Waals surface area contributed by atoms with E-state index in [9.17, 15) is 9.18 Å². The molecule has 0 bridgehead atoms. The van der Waals surface area contributed by atoms with E-state index in [2.05, 4.69) is 32.5 Å². The van der Waals surface area contributed by atoms with E-state index in [4.69, 9.17) is 0 Å². The lowest BCUT2D eigenvalue weighted by Gasteiger charge is -2.22. The van der Waals surface area contributed by atoms with Crippen LogP contribution in [0.3, 0.4) is 0 Å². The van der Waals surface area contributed by atoms with Crippen LogP contribution in [0.2, 0.25) is 0 Å². The molecule has 3 rings (SSSR count). The molecule has 1 aromatic carbocycles. The summed E-state index contributed by atoms with van der Waals surface area (Å²) in [4.78, 5) is 18.7. The van der Waals surface area contributed by atoms with E-state index in [0.717, 1.165) is 26.1 Å². The molecule has 0 aliphatic carbocycles. The number of halogens is 1. The van der Waals surface area contributed by atoms with Crippen LogP contribution >= 0.6 is 0 Å². The van der Waals surface area contributed by atoms with Crippen molar-refractivity contribution in [3.05, 3.63) is 53.9 Å². The van der Waals surface area contributed by atoms with Gasteiger partial charge in [-0.15, -0.1) is 5.10 Å². The smallest absolute Gasteiger partial charge is 0.291 e. The number of benzene rings is 1. The molecule has 1 N–H and O–H groups in total. The summed E-state index contributed by atoms with van der Waals surface area (Å²) < 4.78 is 14.5. The summed E-state index contributed by atoms with van der Waals surface area (Å²) in [5, 5.41) is 7.07. The standard InChI is InChI=1S/C17H20FN5O/c1-13-20-16(21-23(13)15-7-5-14(18)6-8-15)17(24)19-9-12-22-10-3-2-4-11-22/h2-3,5-8H,4,9-12H2,1H3,(H,19,24). The first kappa shape index (κ1) is 16.3. The Labute approximate surface area is 140 Å². The van der Waals surface area contributed by atoms with Gasteiger partial charge in [0.05, 0.1) is 5.69 Å². The summed E-state index contributed by atoms with van der Waals surface area (Å²) in [7, 11) is 0. The first-order chi connectivity index (χ1) is 11.6. The minimum absolute atomic E-state index is 0.121. The number of nitrogens with one attached hydrogen (secondary N) is 1.